The highest BCUT2D eigenvalue weighted by molar-refractivity contribution is 5.78. The first-order chi connectivity index (χ1) is 13.7. The van der Waals surface area contributed by atoms with Gasteiger partial charge in [0.1, 0.15) is 17.8 Å². The van der Waals surface area contributed by atoms with Gasteiger partial charge in [-0.05, 0) is 30.7 Å². The summed E-state index contributed by atoms with van der Waals surface area (Å²) in [5, 5.41) is 3.25. The largest absolute Gasteiger partial charge is 0.494 e. The van der Waals surface area contributed by atoms with Gasteiger partial charge < -0.3 is 30.2 Å². The van der Waals surface area contributed by atoms with Crippen LogP contribution >= 0.6 is 0 Å². The van der Waals surface area contributed by atoms with Crippen molar-refractivity contribution in [3.8, 4) is 5.75 Å². The monoisotopic (exact) mass is 389 g/mol. The number of nitrogens with zero attached hydrogens (tertiary/aromatic N) is 3. The van der Waals surface area contributed by atoms with Crippen molar-refractivity contribution in [1.82, 2.24) is 9.97 Å². The molecule has 0 aliphatic heterocycles. The Hall–Kier alpha value is -2.58. The van der Waals surface area contributed by atoms with Crippen LogP contribution < -0.4 is 20.7 Å². The second kappa shape index (κ2) is 12.0. The van der Waals surface area contributed by atoms with Gasteiger partial charge in [-0.2, -0.15) is 0 Å². The summed E-state index contributed by atoms with van der Waals surface area (Å²) < 4.78 is 16.1. The summed E-state index contributed by atoms with van der Waals surface area (Å²) in [6.07, 6.45) is 3.66. The molecule has 1 heterocycles. The number of unbranched alkanes of at least 4 members (excludes halogenated alkanes) is 1. The SMILES string of the molecule is CCCCOc1ccc(Nc2ncnc(N(CCOC)CCOC)c2N)cc1. The fourth-order valence-corrected chi connectivity index (χ4v) is 2.57. The number of nitrogens with one attached hydrogen (secondary N) is 1. The number of nitrogen functional groups attached to an aromatic ring is 1. The first-order valence-corrected chi connectivity index (χ1v) is 9.52. The zero-order valence-electron chi connectivity index (χ0n) is 17.0. The maximum atomic E-state index is 6.35. The lowest BCUT2D eigenvalue weighted by Crippen LogP contribution is -2.32. The van der Waals surface area contributed by atoms with Crippen LogP contribution in [0.5, 0.6) is 5.75 Å². The summed E-state index contributed by atoms with van der Waals surface area (Å²) in [5.41, 5.74) is 7.71. The molecule has 0 saturated heterocycles. The van der Waals surface area contributed by atoms with Gasteiger partial charge in [0.15, 0.2) is 11.6 Å². The number of methoxy groups -OCH3 is 2. The number of rotatable bonds is 13. The molecular formula is C20H31N5O3. The third-order valence-corrected chi connectivity index (χ3v) is 4.18. The summed E-state index contributed by atoms with van der Waals surface area (Å²) in [4.78, 5) is 10.7. The number of hydrogen-bond donors (Lipinski definition) is 2. The number of anilines is 4. The summed E-state index contributed by atoms with van der Waals surface area (Å²) in [5.74, 6) is 2.07. The van der Waals surface area contributed by atoms with E-state index < -0.39 is 0 Å². The molecule has 0 saturated carbocycles. The lowest BCUT2D eigenvalue weighted by atomic mass is 10.3. The van der Waals surface area contributed by atoms with E-state index in [1.807, 2.05) is 29.2 Å². The first kappa shape index (κ1) is 21.7. The molecule has 8 nitrogen and oxygen atoms in total. The molecule has 0 unspecified atom stereocenters. The molecule has 0 atom stereocenters. The molecule has 154 valence electrons. The maximum Gasteiger partial charge on any atom is 0.159 e. The Morgan fingerprint density at radius 3 is 2.29 bits per heavy atom. The molecule has 2 aromatic rings. The van der Waals surface area contributed by atoms with E-state index in [1.54, 1.807) is 14.2 Å². The normalized spacial score (nSPS) is 10.7. The minimum absolute atomic E-state index is 0.484. The van der Waals surface area contributed by atoms with Gasteiger partial charge in [-0.3, -0.25) is 0 Å². The van der Waals surface area contributed by atoms with E-state index in [0.29, 0.717) is 43.6 Å². The Labute approximate surface area is 167 Å². The van der Waals surface area contributed by atoms with Crippen molar-refractivity contribution in [3.05, 3.63) is 30.6 Å². The molecule has 1 aromatic carbocycles. The van der Waals surface area contributed by atoms with Gasteiger partial charge in [0.05, 0.1) is 19.8 Å². The number of benzene rings is 1. The Morgan fingerprint density at radius 2 is 1.68 bits per heavy atom. The molecule has 0 aliphatic rings. The number of aromatic nitrogens is 2. The number of ether oxygens (including phenoxy) is 3. The molecule has 0 radical (unpaired) electrons. The van der Waals surface area contributed by atoms with Gasteiger partial charge in [0, 0.05) is 33.0 Å². The van der Waals surface area contributed by atoms with Crippen LogP contribution in [0.3, 0.4) is 0 Å². The number of nitrogens with two attached hydrogens (primary N) is 1. The summed E-state index contributed by atoms with van der Waals surface area (Å²) in [6, 6.07) is 7.74. The highest BCUT2D eigenvalue weighted by Crippen LogP contribution is 2.29. The molecule has 0 bridgehead atoms. The molecule has 0 spiro atoms. The quantitative estimate of drug-likeness (QED) is 0.505. The second-order valence-corrected chi connectivity index (χ2v) is 6.28. The minimum atomic E-state index is 0.484. The van der Waals surface area contributed by atoms with E-state index in [1.165, 1.54) is 6.33 Å². The van der Waals surface area contributed by atoms with E-state index in [2.05, 4.69) is 22.2 Å². The lowest BCUT2D eigenvalue weighted by Gasteiger charge is -2.25. The Kier molecular flexibility index (Phi) is 9.30. The minimum Gasteiger partial charge on any atom is -0.494 e. The van der Waals surface area contributed by atoms with Crippen molar-refractivity contribution in [2.45, 2.75) is 19.8 Å². The Balaban J connectivity index is 2.10. The zero-order valence-corrected chi connectivity index (χ0v) is 17.0. The van der Waals surface area contributed by atoms with Crippen molar-refractivity contribution in [1.29, 1.82) is 0 Å². The average Bonchev–Trinajstić information content (AvgIpc) is 2.71. The van der Waals surface area contributed by atoms with Gasteiger partial charge in [-0.15, -0.1) is 0 Å². The Bertz CT molecular complexity index is 689. The average molecular weight is 390 g/mol. The molecule has 0 amide bonds. The summed E-state index contributed by atoms with van der Waals surface area (Å²) in [6.45, 7) is 5.31. The van der Waals surface area contributed by atoms with Gasteiger partial charge in [0.2, 0.25) is 0 Å². The molecule has 2 rings (SSSR count). The van der Waals surface area contributed by atoms with Gasteiger partial charge >= 0.3 is 0 Å². The van der Waals surface area contributed by atoms with Crippen LogP contribution in [0.25, 0.3) is 0 Å². The second-order valence-electron chi connectivity index (χ2n) is 6.28. The van der Waals surface area contributed by atoms with Crippen LogP contribution in [0.15, 0.2) is 30.6 Å². The van der Waals surface area contributed by atoms with Crippen molar-refractivity contribution in [2.24, 2.45) is 0 Å². The molecule has 0 aliphatic carbocycles. The highest BCUT2D eigenvalue weighted by atomic mass is 16.5. The summed E-state index contributed by atoms with van der Waals surface area (Å²) >= 11 is 0. The van der Waals surface area contributed by atoms with Crippen LogP contribution in [0, 0.1) is 0 Å². The maximum absolute atomic E-state index is 6.35. The van der Waals surface area contributed by atoms with Crippen LogP contribution in [0.4, 0.5) is 23.0 Å². The van der Waals surface area contributed by atoms with Crippen molar-refractivity contribution < 1.29 is 14.2 Å². The van der Waals surface area contributed by atoms with Crippen molar-refractivity contribution in [2.75, 3.05) is 63.1 Å². The van der Waals surface area contributed by atoms with Gasteiger partial charge in [-0.25, -0.2) is 9.97 Å². The molecule has 3 N–H and O–H groups in total. The van der Waals surface area contributed by atoms with Gasteiger partial charge in [-0.1, -0.05) is 13.3 Å². The zero-order chi connectivity index (χ0) is 20.2. The predicted molar refractivity (Wildman–Crippen MR) is 113 cm³/mol. The predicted octanol–water partition coefficient (Wildman–Crippen LogP) is 3.08. The molecule has 28 heavy (non-hydrogen) atoms. The third kappa shape index (κ3) is 6.54. The fourth-order valence-electron chi connectivity index (χ4n) is 2.57. The van der Waals surface area contributed by atoms with E-state index in [4.69, 9.17) is 19.9 Å². The van der Waals surface area contributed by atoms with Gasteiger partial charge in [0.25, 0.3) is 0 Å². The van der Waals surface area contributed by atoms with E-state index in [-0.39, 0.29) is 0 Å². The standard InChI is InChI=1S/C20H31N5O3/c1-4-5-12-28-17-8-6-16(7-9-17)24-19-18(21)20(23-15-22-19)25(10-13-26-2)11-14-27-3/h6-9,15H,4-5,10-14,21H2,1-3H3,(H,22,23,24). The highest BCUT2D eigenvalue weighted by Gasteiger charge is 2.15. The van der Waals surface area contributed by atoms with E-state index in [0.717, 1.165) is 30.9 Å². The Morgan fingerprint density at radius 1 is 1.00 bits per heavy atom. The van der Waals surface area contributed by atoms with Crippen LogP contribution in [-0.2, 0) is 9.47 Å². The molecule has 8 heteroatoms. The fraction of sp³-hybridized carbons (Fsp3) is 0.500. The number of hydrogen-bond acceptors (Lipinski definition) is 8. The van der Waals surface area contributed by atoms with Crippen molar-refractivity contribution in [3.63, 3.8) is 0 Å². The smallest absolute Gasteiger partial charge is 0.159 e. The topological polar surface area (TPSA) is 94.8 Å². The first-order valence-electron chi connectivity index (χ1n) is 9.52. The molecule has 0 fully saturated rings. The van der Waals surface area contributed by atoms with E-state index in [9.17, 15) is 0 Å². The lowest BCUT2D eigenvalue weighted by molar-refractivity contribution is 0.190. The van der Waals surface area contributed by atoms with Crippen LogP contribution in [-0.4, -0.2) is 57.1 Å². The van der Waals surface area contributed by atoms with Crippen LogP contribution in [0.1, 0.15) is 19.8 Å². The third-order valence-electron chi connectivity index (χ3n) is 4.18. The summed E-state index contributed by atoms with van der Waals surface area (Å²) in [7, 11) is 3.33. The van der Waals surface area contributed by atoms with Crippen molar-refractivity contribution >= 4 is 23.0 Å². The van der Waals surface area contributed by atoms with E-state index >= 15 is 0 Å². The van der Waals surface area contributed by atoms with Crippen LogP contribution in [0.2, 0.25) is 0 Å². The molecule has 1 aromatic heterocycles. The molecular weight excluding hydrogens is 358 g/mol.